The van der Waals surface area contributed by atoms with Crippen LogP contribution in [0.3, 0.4) is 0 Å². The lowest BCUT2D eigenvalue weighted by molar-refractivity contribution is -0.141. The molecular weight excluding hydrogens is 475 g/mol. The number of hydrogen-bond acceptors (Lipinski definition) is 6. The standard InChI is InChI=1S/C25H16F3N5O3/c1-2-3-22(34)31-16-6-9-19-18(14-16)20(10-12-29-19)36-17-7-4-15(5-8-17)23(35)33-24-30-13-11-21(32-24)25(26,27)28/h4-14H,1H3,(H,31,34)(H,30,32,33,35). The number of halogens is 3. The Labute approximate surface area is 202 Å². The van der Waals surface area contributed by atoms with Crippen LogP contribution in [-0.4, -0.2) is 26.8 Å². The SMILES string of the molecule is CC#CC(=O)Nc1ccc2nccc(Oc3ccc(C(=O)Nc4nccc(C(F)(F)F)n4)cc3)c2c1. The zero-order valence-corrected chi connectivity index (χ0v) is 18.6. The number of nitrogens with zero attached hydrogens (tertiary/aromatic N) is 3. The van der Waals surface area contributed by atoms with Crippen molar-refractivity contribution in [3.8, 4) is 23.3 Å². The lowest BCUT2D eigenvalue weighted by Gasteiger charge is -2.11. The van der Waals surface area contributed by atoms with Gasteiger partial charge in [-0.15, -0.1) is 0 Å². The first-order valence-corrected chi connectivity index (χ1v) is 10.3. The Morgan fingerprint density at radius 3 is 2.42 bits per heavy atom. The van der Waals surface area contributed by atoms with Crippen molar-refractivity contribution in [3.63, 3.8) is 0 Å². The summed E-state index contributed by atoms with van der Waals surface area (Å²) in [6, 6.07) is 13.4. The molecule has 180 valence electrons. The second-order valence-electron chi connectivity index (χ2n) is 7.21. The Hall–Kier alpha value is -4.98. The Morgan fingerprint density at radius 2 is 1.69 bits per heavy atom. The van der Waals surface area contributed by atoms with Crippen LogP contribution in [0.2, 0.25) is 0 Å². The maximum absolute atomic E-state index is 12.8. The minimum absolute atomic E-state index is 0.157. The normalized spacial score (nSPS) is 10.8. The first-order valence-electron chi connectivity index (χ1n) is 10.3. The van der Waals surface area contributed by atoms with E-state index >= 15 is 0 Å². The summed E-state index contributed by atoms with van der Waals surface area (Å²) < 4.78 is 44.4. The van der Waals surface area contributed by atoms with Crippen molar-refractivity contribution in [1.29, 1.82) is 0 Å². The van der Waals surface area contributed by atoms with Gasteiger partial charge in [0, 0.05) is 29.0 Å². The van der Waals surface area contributed by atoms with Crippen molar-refractivity contribution >= 4 is 34.4 Å². The zero-order valence-electron chi connectivity index (χ0n) is 18.6. The molecule has 0 bridgehead atoms. The molecule has 8 nitrogen and oxygen atoms in total. The second kappa shape index (κ2) is 10.1. The number of ether oxygens (including phenoxy) is 1. The molecular formula is C25H16F3N5O3. The summed E-state index contributed by atoms with van der Waals surface area (Å²) in [6.07, 6.45) is -2.18. The summed E-state index contributed by atoms with van der Waals surface area (Å²) in [5, 5.41) is 5.53. The number of pyridine rings is 1. The van der Waals surface area contributed by atoms with E-state index in [1.807, 2.05) is 0 Å². The number of carbonyl (C=O) groups is 2. The molecule has 2 aromatic carbocycles. The summed E-state index contributed by atoms with van der Waals surface area (Å²) in [5.41, 5.74) is 0.133. The van der Waals surface area contributed by atoms with Gasteiger partial charge in [-0.2, -0.15) is 13.2 Å². The van der Waals surface area contributed by atoms with E-state index in [1.165, 1.54) is 24.3 Å². The molecule has 0 aliphatic heterocycles. The highest BCUT2D eigenvalue weighted by Gasteiger charge is 2.33. The molecule has 11 heteroatoms. The Balaban J connectivity index is 1.50. The van der Waals surface area contributed by atoms with Gasteiger partial charge in [0.1, 0.15) is 17.2 Å². The average Bonchev–Trinajstić information content (AvgIpc) is 2.84. The quantitative estimate of drug-likeness (QED) is 0.379. The number of anilines is 2. The molecule has 0 atom stereocenters. The van der Waals surface area contributed by atoms with Crippen LogP contribution in [0.4, 0.5) is 24.8 Å². The third-order valence-corrected chi connectivity index (χ3v) is 4.71. The zero-order chi connectivity index (χ0) is 25.7. The van der Waals surface area contributed by atoms with Crippen LogP contribution in [0.1, 0.15) is 23.0 Å². The Kier molecular flexibility index (Phi) is 6.78. The van der Waals surface area contributed by atoms with E-state index in [0.29, 0.717) is 34.2 Å². The van der Waals surface area contributed by atoms with Crippen molar-refractivity contribution in [3.05, 3.63) is 78.2 Å². The van der Waals surface area contributed by atoms with Gasteiger partial charge in [-0.3, -0.25) is 19.9 Å². The summed E-state index contributed by atoms with van der Waals surface area (Å²) in [5.74, 6) is 4.16. The highest BCUT2D eigenvalue weighted by atomic mass is 19.4. The minimum atomic E-state index is -4.66. The molecule has 0 unspecified atom stereocenters. The van der Waals surface area contributed by atoms with Gasteiger partial charge < -0.3 is 10.1 Å². The lowest BCUT2D eigenvalue weighted by Crippen LogP contribution is -2.16. The van der Waals surface area contributed by atoms with Crippen LogP contribution in [0.25, 0.3) is 10.9 Å². The molecule has 4 aromatic rings. The Bertz CT molecular complexity index is 1510. The van der Waals surface area contributed by atoms with Crippen molar-refractivity contribution < 1.29 is 27.5 Å². The number of aromatic nitrogens is 3. The topological polar surface area (TPSA) is 106 Å². The van der Waals surface area contributed by atoms with E-state index in [-0.39, 0.29) is 5.56 Å². The number of amides is 2. The maximum atomic E-state index is 12.8. The summed E-state index contributed by atoms with van der Waals surface area (Å²) in [7, 11) is 0. The van der Waals surface area contributed by atoms with Gasteiger partial charge in [0.2, 0.25) is 5.95 Å². The van der Waals surface area contributed by atoms with Crippen LogP contribution < -0.4 is 15.4 Å². The molecule has 0 saturated heterocycles. The molecule has 0 aliphatic rings. The second-order valence-corrected chi connectivity index (χ2v) is 7.21. The third-order valence-electron chi connectivity index (χ3n) is 4.71. The molecule has 2 N–H and O–H groups in total. The van der Waals surface area contributed by atoms with Crippen LogP contribution in [0, 0.1) is 11.8 Å². The molecule has 0 fully saturated rings. The highest BCUT2D eigenvalue weighted by molar-refractivity contribution is 6.05. The highest BCUT2D eigenvalue weighted by Crippen LogP contribution is 2.31. The number of rotatable bonds is 5. The molecule has 0 spiro atoms. The molecule has 36 heavy (non-hydrogen) atoms. The van der Waals surface area contributed by atoms with E-state index in [1.54, 1.807) is 37.4 Å². The number of carbonyl (C=O) groups excluding carboxylic acids is 2. The van der Waals surface area contributed by atoms with Gasteiger partial charge in [-0.25, -0.2) is 9.97 Å². The van der Waals surface area contributed by atoms with Crippen molar-refractivity contribution in [2.45, 2.75) is 13.1 Å². The van der Waals surface area contributed by atoms with Crippen LogP contribution in [-0.2, 0) is 11.0 Å². The third kappa shape index (κ3) is 5.74. The first kappa shape index (κ1) is 24.2. The Morgan fingerprint density at radius 1 is 0.944 bits per heavy atom. The molecule has 0 radical (unpaired) electrons. The molecule has 4 rings (SSSR count). The average molecular weight is 491 g/mol. The van der Waals surface area contributed by atoms with E-state index < -0.39 is 29.6 Å². The molecule has 2 amide bonds. The summed E-state index contributed by atoms with van der Waals surface area (Å²) >= 11 is 0. The monoisotopic (exact) mass is 491 g/mol. The maximum Gasteiger partial charge on any atom is 0.433 e. The van der Waals surface area contributed by atoms with E-state index in [9.17, 15) is 22.8 Å². The fourth-order valence-electron chi connectivity index (χ4n) is 3.12. The summed E-state index contributed by atoms with van der Waals surface area (Å²) in [4.78, 5) is 35.4. The van der Waals surface area contributed by atoms with Crippen LogP contribution >= 0.6 is 0 Å². The lowest BCUT2D eigenvalue weighted by atomic mass is 10.1. The largest absolute Gasteiger partial charge is 0.457 e. The smallest absolute Gasteiger partial charge is 0.433 e. The first-order chi connectivity index (χ1) is 17.2. The number of alkyl halides is 3. The van der Waals surface area contributed by atoms with Crippen LogP contribution in [0.15, 0.2) is 67.0 Å². The predicted molar refractivity (Wildman–Crippen MR) is 125 cm³/mol. The van der Waals surface area contributed by atoms with Crippen molar-refractivity contribution in [1.82, 2.24) is 15.0 Å². The van der Waals surface area contributed by atoms with Crippen molar-refractivity contribution in [2.24, 2.45) is 0 Å². The number of nitrogens with one attached hydrogen (secondary N) is 2. The van der Waals surface area contributed by atoms with Gasteiger partial charge in [0.25, 0.3) is 11.8 Å². The van der Waals surface area contributed by atoms with Gasteiger partial charge in [-0.1, -0.05) is 5.92 Å². The van der Waals surface area contributed by atoms with Gasteiger partial charge in [0.05, 0.1) is 5.52 Å². The molecule has 2 aromatic heterocycles. The van der Waals surface area contributed by atoms with Crippen LogP contribution in [0.5, 0.6) is 11.5 Å². The van der Waals surface area contributed by atoms with Crippen molar-refractivity contribution in [2.75, 3.05) is 10.6 Å². The van der Waals surface area contributed by atoms with E-state index in [0.717, 1.165) is 6.20 Å². The number of fused-ring (bicyclic) bond motifs is 1. The van der Waals surface area contributed by atoms with Gasteiger partial charge in [0.15, 0.2) is 0 Å². The van der Waals surface area contributed by atoms with E-state index in [4.69, 9.17) is 4.74 Å². The van der Waals surface area contributed by atoms with E-state index in [2.05, 4.69) is 37.4 Å². The predicted octanol–water partition coefficient (Wildman–Crippen LogP) is 5.05. The minimum Gasteiger partial charge on any atom is -0.457 e. The van der Waals surface area contributed by atoms with Gasteiger partial charge in [-0.05, 0) is 67.4 Å². The molecule has 2 heterocycles. The number of benzene rings is 2. The molecule has 0 aliphatic carbocycles. The molecule has 0 saturated carbocycles. The van der Waals surface area contributed by atoms with Gasteiger partial charge >= 0.3 is 6.18 Å². The number of hydrogen-bond donors (Lipinski definition) is 2. The fraction of sp³-hybridized carbons (Fsp3) is 0.0800. The summed E-state index contributed by atoms with van der Waals surface area (Å²) in [6.45, 7) is 1.56. The fourth-order valence-corrected chi connectivity index (χ4v) is 3.12.